The fourth-order valence-corrected chi connectivity index (χ4v) is 2.16. The van der Waals surface area contributed by atoms with Crippen LogP contribution in [0.15, 0.2) is 24.3 Å². The molecule has 0 spiro atoms. The molecule has 0 saturated heterocycles. The van der Waals surface area contributed by atoms with Gasteiger partial charge in [0.15, 0.2) is 0 Å². The number of benzene rings is 1. The largest absolute Gasteiger partial charge is 0.481 e. The second-order valence-electron chi connectivity index (χ2n) is 6.15. The van der Waals surface area contributed by atoms with Crippen molar-refractivity contribution < 1.29 is 19.1 Å². The average Bonchev–Trinajstić information content (AvgIpc) is 2.45. The lowest BCUT2D eigenvalue weighted by atomic mass is 9.89. The van der Waals surface area contributed by atoms with Crippen LogP contribution in [0.2, 0.25) is 0 Å². The number of halogens is 1. The van der Waals surface area contributed by atoms with Crippen molar-refractivity contribution in [3.8, 4) is 0 Å². The second-order valence-corrected chi connectivity index (χ2v) is 6.15. The Kier molecular flexibility index (Phi) is 4.63. The summed E-state index contributed by atoms with van der Waals surface area (Å²) in [6, 6.07) is 5.87. The zero-order valence-corrected chi connectivity index (χ0v) is 13.3. The standard InChI is InChI=1S/C17H19FN2O3/c1-10-13(8-11-4-5-12(18)9-14(11)20-10)15(21)19-7-6-17(2,3)16(22)23/h4-5,8-9H,6-7H2,1-3H3,(H,19,21)(H,22,23). The SMILES string of the molecule is Cc1nc2cc(F)ccc2cc1C(=O)NCCC(C)(C)C(=O)O. The first-order valence-electron chi connectivity index (χ1n) is 7.29. The lowest BCUT2D eigenvalue weighted by molar-refractivity contribution is -0.147. The van der Waals surface area contributed by atoms with E-state index in [9.17, 15) is 14.0 Å². The highest BCUT2D eigenvalue weighted by molar-refractivity contribution is 5.98. The summed E-state index contributed by atoms with van der Waals surface area (Å²) in [7, 11) is 0. The Bertz CT molecular complexity index is 772. The summed E-state index contributed by atoms with van der Waals surface area (Å²) >= 11 is 0. The van der Waals surface area contributed by atoms with Gasteiger partial charge in [0.05, 0.1) is 22.2 Å². The Hall–Kier alpha value is -2.50. The van der Waals surface area contributed by atoms with E-state index >= 15 is 0 Å². The lowest BCUT2D eigenvalue weighted by Crippen LogP contribution is -2.32. The van der Waals surface area contributed by atoms with Gasteiger partial charge in [-0.1, -0.05) is 0 Å². The number of carbonyl (C=O) groups excluding carboxylic acids is 1. The van der Waals surface area contributed by atoms with Gasteiger partial charge in [0, 0.05) is 18.0 Å². The van der Waals surface area contributed by atoms with Gasteiger partial charge >= 0.3 is 5.97 Å². The monoisotopic (exact) mass is 318 g/mol. The Balaban J connectivity index is 2.13. The predicted molar refractivity (Wildman–Crippen MR) is 84.8 cm³/mol. The molecule has 2 aromatic rings. The zero-order valence-electron chi connectivity index (χ0n) is 13.3. The number of carboxylic acid groups (broad SMARTS) is 1. The van der Waals surface area contributed by atoms with Crippen LogP contribution in [0.5, 0.6) is 0 Å². The van der Waals surface area contributed by atoms with Crippen LogP contribution in [0, 0.1) is 18.2 Å². The first kappa shape index (κ1) is 16.9. The number of carboxylic acids is 1. The van der Waals surface area contributed by atoms with E-state index in [2.05, 4.69) is 10.3 Å². The van der Waals surface area contributed by atoms with Gasteiger partial charge in [0.25, 0.3) is 5.91 Å². The van der Waals surface area contributed by atoms with Crippen molar-refractivity contribution in [3.63, 3.8) is 0 Å². The molecular weight excluding hydrogens is 299 g/mol. The number of carbonyl (C=O) groups is 2. The molecule has 2 rings (SSSR count). The maximum Gasteiger partial charge on any atom is 0.309 e. The third-order valence-corrected chi connectivity index (χ3v) is 3.83. The highest BCUT2D eigenvalue weighted by Crippen LogP contribution is 2.20. The van der Waals surface area contributed by atoms with Gasteiger partial charge in [0.1, 0.15) is 5.82 Å². The van der Waals surface area contributed by atoms with Crippen LogP contribution in [0.3, 0.4) is 0 Å². The van der Waals surface area contributed by atoms with E-state index in [-0.39, 0.29) is 18.3 Å². The number of rotatable bonds is 5. The van der Waals surface area contributed by atoms with Crippen molar-refractivity contribution in [1.82, 2.24) is 10.3 Å². The number of hydrogen-bond donors (Lipinski definition) is 2. The number of nitrogens with zero attached hydrogens (tertiary/aromatic N) is 1. The Morgan fingerprint density at radius 2 is 2.00 bits per heavy atom. The van der Waals surface area contributed by atoms with Crippen LogP contribution in [0.25, 0.3) is 10.9 Å². The van der Waals surface area contributed by atoms with Crippen molar-refractivity contribution in [2.24, 2.45) is 5.41 Å². The number of aromatic nitrogens is 1. The quantitative estimate of drug-likeness (QED) is 0.888. The Labute approximate surface area is 133 Å². The number of nitrogens with one attached hydrogen (secondary N) is 1. The molecule has 0 aliphatic heterocycles. The molecule has 0 unspecified atom stereocenters. The van der Waals surface area contributed by atoms with E-state index in [0.29, 0.717) is 28.6 Å². The highest BCUT2D eigenvalue weighted by Gasteiger charge is 2.26. The van der Waals surface area contributed by atoms with Gasteiger partial charge < -0.3 is 10.4 Å². The van der Waals surface area contributed by atoms with Crippen molar-refractivity contribution in [2.75, 3.05) is 6.54 Å². The molecule has 6 heteroatoms. The highest BCUT2D eigenvalue weighted by atomic mass is 19.1. The number of aliphatic carboxylic acids is 1. The van der Waals surface area contributed by atoms with Gasteiger partial charge in [-0.25, -0.2) is 4.39 Å². The summed E-state index contributed by atoms with van der Waals surface area (Å²) in [6.07, 6.45) is 0.319. The predicted octanol–water partition coefficient (Wildman–Crippen LogP) is 2.91. The minimum absolute atomic E-state index is 0.249. The van der Waals surface area contributed by atoms with Crippen LogP contribution >= 0.6 is 0 Å². The summed E-state index contributed by atoms with van der Waals surface area (Å²) in [5.74, 6) is -1.60. The molecule has 0 bridgehead atoms. The smallest absolute Gasteiger partial charge is 0.309 e. The van der Waals surface area contributed by atoms with Crippen molar-refractivity contribution >= 4 is 22.8 Å². The van der Waals surface area contributed by atoms with Gasteiger partial charge in [-0.05, 0) is 45.4 Å². The van der Waals surface area contributed by atoms with Crippen LogP contribution in [-0.4, -0.2) is 28.5 Å². The minimum Gasteiger partial charge on any atom is -0.481 e. The molecule has 0 fully saturated rings. The summed E-state index contributed by atoms with van der Waals surface area (Å²) in [4.78, 5) is 27.5. The number of aryl methyl sites for hydroxylation is 1. The third-order valence-electron chi connectivity index (χ3n) is 3.83. The van der Waals surface area contributed by atoms with Crippen LogP contribution < -0.4 is 5.32 Å². The van der Waals surface area contributed by atoms with Crippen molar-refractivity contribution in [3.05, 3.63) is 41.3 Å². The van der Waals surface area contributed by atoms with Crippen molar-refractivity contribution in [1.29, 1.82) is 0 Å². The molecule has 0 saturated carbocycles. The van der Waals surface area contributed by atoms with Crippen LogP contribution in [0.4, 0.5) is 4.39 Å². The molecule has 1 amide bonds. The Morgan fingerprint density at radius 1 is 1.30 bits per heavy atom. The van der Waals surface area contributed by atoms with Gasteiger partial charge in [-0.2, -0.15) is 0 Å². The summed E-state index contributed by atoms with van der Waals surface area (Å²) < 4.78 is 13.2. The average molecular weight is 318 g/mol. The molecule has 0 aliphatic carbocycles. The first-order valence-corrected chi connectivity index (χ1v) is 7.29. The molecular formula is C17H19FN2O3. The molecule has 2 N–H and O–H groups in total. The van der Waals surface area contributed by atoms with Gasteiger partial charge in [-0.15, -0.1) is 0 Å². The minimum atomic E-state index is -0.905. The maximum absolute atomic E-state index is 13.2. The Morgan fingerprint density at radius 3 is 2.65 bits per heavy atom. The molecule has 1 aromatic heterocycles. The van der Waals surface area contributed by atoms with E-state index < -0.39 is 11.4 Å². The number of pyridine rings is 1. The number of amides is 1. The molecule has 1 aromatic carbocycles. The topological polar surface area (TPSA) is 79.3 Å². The molecule has 0 atom stereocenters. The molecule has 0 aliphatic rings. The normalized spacial score (nSPS) is 11.5. The van der Waals surface area contributed by atoms with E-state index in [1.807, 2.05) is 0 Å². The summed E-state index contributed by atoms with van der Waals surface area (Å²) in [5, 5.41) is 12.4. The molecule has 1 heterocycles. The summed E-state index contributed by atoms with van der Waals surface area (Å²) in [6.45, 7) is 5.15. The van der Waals surface area contributed by atoms with Crippen LogP contribution in [-0.2, 0) is 4.79 Å². The number of fused-ring (bicyclic) bond motifs is 1. The second kappa shape index (κ2) is 6.32. The first-order chi connectivity index (χ1) is 10.7. The fourth-order valence-electron chi connectivity index (χ4n) is 2.16. The number of hydrogen-bond acceptors (Lipinski definition) is 3. The fraction of sp³-hybridized carbons (Fsp3) is 0.353. The molecule has 5 nitrogen and oxygen atoms in total. The maximum atomic E-state index is 13.2. The molecule has 0 radical (unpaired) electrons. The van der Waals surface area contributed by atoms with E-state index in [4.69, 9.17) is 5.11 Å². The van der Waals surface area contributed by atoms with E-state index in [0.717, 1.165) is 0 Å². The third kappa shape index (κ3) is 3.83. The lowest BCUT2D eigenvalue weighted by Gasteiger charge is -2.19. The van der Waals surface area contributed by atoms with E-state index in [1.54, 1.807) is 32.9 Å². The van der Waals surface area contributed by atoms with Gasteiger partial charge in [-0.3, -0.25) is 14.6 Å². The summed E-state index contributed by atoms with van der Waals surface area (Å²) in [5.41, 5.74) is 0.489. The van der Waals surface area contributed by atoms with Gasteiger partial charge in [0.2, 0.25) is 0 Å². The molecule has 122 valence electrons. The van der Waals surface area contributed by atoms with Crippen LogP contribution in [0.1, 0.15) is 36.3 Å². The zero-order chi connectivity index (χ0) is 17.2. The molecule has 23 heavy (non-hydrogen) atoms. The van der Waals surface area contributed by atoms with Crippen molar-refractivity contribution in [2.45, 2.75) is 27.2 Å². The van der Waals surface area contributed by atoms with E-state index in [1.165, 1.54) is 12.1 Å².